The van der Waals surface area contributed by atoms with E-state index in [0.29, 0.717) is 6.54 Å². The molecule has 2 aromatic heterocycles. The molecule has 0 bridgehead atoms. The number of guanidine groups is 1. The lowest BCUT2D eigenvalue weighted by Crippen LogP contribution is -2.38. The highest BCUT2D eigenvalue weighted by Gasteiger charge is 2.09. The Morgan fingerprint density at radius 2 is 1.93 bits per heavy atom. The molecule has 1 N–H and O–H groups in total. The molecule has 6 heteroatoms. The highest BCUT2D eigenvalue weighted by Crippen LogP contribution is 2.12. The lowest BCUT2D eigenvalue weighted by molar-refractivity contribution is 0.462. The van der Waals surface area contributed by atoms with Gasteiger partial charge in [-0.3, -0.25) is 4.68 Å². The zero-order valence-corrected chi connectivity index (χ0v) is 16.3. The van der Waals surface area contributed by atoms with Crippen LogP contribution in [-0.4, -0.2) is 38.8 Å². The fraction of sp³-hybridized carbons (Fsp3) is 0.333. The molecule has 0 aliphatic heterocycles. The van der Waals surface area contributed by atoms with Crippen molar-refractivity contribution in [3.05, 3.63) is 77.9 Å². The van der Waals surface area contributed by atoms with Crippen LogP contribution in [0, 0.1) is 0 Å². The normalized spacial score (nSPS) is 11.6. The first-order valence-corrected chi connectivity index (χ1v) is 9.31. The minimum atomic E-state index is 0.636. The van der Waals surface area contributed by atoms with Gasteiger partial charge in [0.1, 0.15) is 0 Å². The van der Waals surface area contributed by atoms with E-state index in [1.165, 1.54) is 16.8 Å². The molecule has 0 unspecified atom stereocenters. The molecule has 0 saturated carbocycles. The van der Waals surface area contributed by atoms with Crippen molar-refractivity contribution in [1.29, 1.82) is 0 Å². The standard InChI is InChI=1S/C21H28N6/c1-4-22-21(26(3)17-20-11-7-13-25(20)2)23-15-18-9-5-6-10-19(18)16-27-14-8-12-24-27/h5-14H,4,15-17H2,1-3H3,(H,22,23). The van der Waals surface area contributed by atoms with Gasteiger partial charge in [0, 0.05) is 44.9 Å². The van der Waals surface area contributed by atoms with Crippen LogP contribution in [0.4, 0.5) is 0 Å². The van der Waals surface area contributed by atoms with Crippen LogP contribution in [-0.2, 0) is 26.7 Å². The van der Waals surface area contributed by atoms with Crippen LogP contribution >= 0.6 is 0 Å². The molecular formula is C21H28N6. The van der Waals surface area contributed by atoms with Crippen LogP contribution in [0.3, 0.4) is 0 Å². The van der Waals surface area contributed by atoms with Crippen LogP contribution in [0.1, 0.15) is 23.7 Å². The summed E-state index contributed by atoms with van der Waals surface area (Å²) < 4.78 is 4.08. The first-order chi connectivity index (χ1) is 13.2. The Morgan fingerprint density at radius 1 is 1.11 bits per heavy atom. The Balaban J connectivity index is 1.74. The highest BCUT2D eigenvalue weighted by atomic mass is 15.3. The summed E-state index contributed by atoms with van der Waals surface area (Å²) >= 11 is 0. The van der Waals surface area contributed by atoms with E-state index in [0.717, 1.165) is 25.6 Å². The van der Waals surface area contributed by atoms with Crippen molar-refractivity contribution >= 4 is 5.96 Å². The van der Waals surface area contributed by atoms with Gasteiger partial charge in [-0.05, 0) is 36.2 Å². The van der Waals surface area contributed by atoms with Gasteiger partial charge in [-0.1, -0.05) is 24.3 Å². The van der Waals surface area contributed by atoms with Gasteiger partial charge in [0.15, 0.2) is 5.96 Å². The van der Waals surface area contributed by atoms with Gasteiger partial charge in [0.2, 0.25) is 0 Å². The number of aryl methyl sites for hydroxylation is 1. The molecule has 1 aromatic carbocycles. The molecule has 0 saturated heterocycles. The summed E-state index contributed by atoms with van der Waals surface area (Å²) in [4.78, 5) is 7.04. The summed E-state index contributed by atoms with van der Waals surface area (Å²) in [5.41, 5.74) is 3.71. The molecule has 142 valence electrons. The van der Waals surface area contributed by atoms with Crippen LogP contribution < -0.4 is 5.32 Å². The van der Waals surface area contributed by atoms with Crippen molar-refractivity contribution in [2.75, 3.05) is 13.6 Å². The number of nitrogens with zero attached hydrogens (tertiary/aromatic N) is 5. The molecule has 0 aliphatic rings. The largest absolute Gasteiger partial charge is 0.357 e. The van der Waals surface area contributed by atoms with Gasteiger partial charge in [-0.15, -0.1) is 0 Å². The molecule has 3 aromatic rings. The number of hydrogen-bond donors (Lipinski definition) is 1. The topological polar surface area (TPSA) is 50.4 Å². The second-order valence-corrected chi connectivity index (χ2v) is 6.61. The Morgan fingerprint density at radius 3 is 2.59 bits per heavy atom. The SMILES string of the molecule is CCNC(=NCc1ccccc1Cn1cccn1)N(C)Cc1cccn1C. The second-order valence-electron chi connectivity index (χ2n) is 6.61. The molecule has 0 fully saturated rings. The van der Waals surface area contributed by atoms with Crippen molar-refractivity contribution in [3.8, 4) is 0 Å². The van der Waals surface area contributed by atoms with E-state index in [-0.39, 0.29) is 0 Å². The van der Waals surface area contributed by atoms with Crippen molar-refractivity contribution in [3.63, 3.8) is 0 Å². The smallest absolute Gasteiger partial charge is 0.194 e. The minimum absolute atomic E-state index is 0.636. The third-order valence-electron chi connectivity index (χ3n) is 4.56. The van der Waals surface area contributed by atoms with Crippen molar-refractivity contribution in [1.82, 2.24) is 24.6 Å². The number of benzene rings is 1. The van der Waals surface area contributed by atoms with Crippen molar-refractivity contribution < 1.29 is 0 Å². The summed E-state index contributed by atoms with van der Waals surface area (Å²) in [6.07, 6.45) is 5.86. The molecule has 0 atom stereocenters. The second kappa shape index (κ2) is 9.07. The maximum absolute atomic E-state index is 4.88. The van der Waals surface area contributed by atoms with Crippen LogP contribution in [0.2, 0.25) is 0 Å². The summed E-state index contributed by atoms with van der Waals surface area (Å²) in [7, 11) is 4.14. The van der Waals surface area contributed by atoms with Crippen molar-refractivity contribution in [2.45, 2.75) is 26.6 Å². The fourth-order valence-corrected chi connectivity index (χ4v) is 3.04. The summed E-state index contributed by atoms with van der Waals surface area (Å²) in [6.45, 7) is 5.14. The molecule has 0 aliphatic carbocycles. The predicted octanol–water partition coefficient (Wildman–Crippen LogP) is 2.87. The number of aromatic nitrogens is 3. The van der Waals surface area contributed by atoms with E-state index in [4.69, 9.17) is 4.99 Å². The lowest BCUT2D eigenvalue weighted by Gasteiger charge is -2.22. The summed E-state index contributed by atoms with van der Waals surface area (Å²) in [5, 5.41) is 7.71. The first-order valence-electron chi connectivity index (χ1n) is 9.31. The first kappa shape index (κ1) is 18.8. The van der Waals surface area contributed by atoms with Gasteiger partial charge >= 0.3 is 0 Å². The third kappa shape index (κ3) is 5.00. The predicted molar refractivity (Wildman–Crippen MR) is 109 cm³/mol. The van der Waals surface area contributed by atoms with Crippen LogP contribution in [0.25, 0.3) is 0 Å². The average molecular weight is 364 g/mol. The van der Waals surface area contributed by atoms with Crippen LogP contribution in [0.15, 0.2) is 66.0 Å². The summed E-state index contributed by atoms with van der Waals surface area (Å²) in [6, 6.07) is 14.6. The molecule has 0 amide bonds. The Bertz CT molecular complexity index is 862. The lowest BCUT2D eigenvalue weighted by atomic mass is 10.1. The molecule has 3 rings (SSSR count). The Labute approximate surface area is 161 Å². The number of aliphatic imine (C=N–C) groups is 1. The van der Waals surface area contributed by atoms with E-state index in [1.54, 1.807) is 0 Å². The van der Waals surface area contributed by atoms with E-state index in [1.807, 2.05) is 23.1 Å². The van der Waals surface area contributed by atoms with Crippen molar-refractivity contribution in [2.24, 2.45) is 12.0 Å². The fourth-order valence-electron chi connectivity index (χ4n) is 3.04. The molecular weight excluding hydrogens is 336 g/mol. The quantitative estimate of drug-likeness (QED) is 0.518. The van der Waals surface area contributed by atoms with Gasteiger partial charge in [-0.2, -0.15) is 5.10 Å². The zero-order chi connectivity index (χ0) is 19.1. The molecule has 6 nitrogen and oxygen atoms in total. The van der Waals surface area contributed by atoms with Gasteiger partial charge in [0.25, 0.3) is 0 Å². The Kier molecular flexibility index (Phi) is 6.30. The highest BCUT2D eigenvalue weighted by molar-refractivity contribution is 5.79. The molecule has 0 radical (unpaired) electrons. The molecule has 0 spiro atoms. The van der Waals surface area contributed by atoms with E-state index < -0.39 is 0 Å². The summed E-state index contributed by atoms with van der Waals surface area (Å²) in [5.74, 6) is 0.910. The molecule has 2 heterocycles. The zero-order valence-electron chi connectivity index (χ0n) is 16.3. The maximum atomic E-state index is 4.88. The minimum Gasteiger partial charge on any atom is -0.357 e. The monoisotopic (exact) mass is 364 g/mol. The van der Waals surface area contributed by atoms with E-state index >= 15 is 0 Å². The molecule has 27 heavy (non-hydrogen) atoms. The van der Waals surface area contributed by atoms with Crippen LogP contribution in [0.5, 0.6) is 0 Å². The van der Waals surface area contributed by atoms with Gasteiger partial charge < -0.3 is 14.8 Å². The maximum Gasteiger partial charge on any atom is 0.194 e. The van der Waals surface area contributed by atoms with Gasteiger partial charge in [-0.25, -0.2) is 4.99 Å². The van der Waals surface area contributed by atoms with E-state index in [2.05, 4.69) is 83.5 Å². The number of hydrogen-bond acceptors (Lipinski definition) is 2. The van der Waals surface area contributed by atoms with Gasteiger partial charge in [0.05, 0.1) is 19.6 Å². The third-order valence-corrected chi connectivity index (χ3v) is 4.56. The number of rotatable bonds is 7. The number of nitrogens with one attached hydrogen (secondary N) is 1. The Hall–Kier alpha value is -3.02. The average Bonchev–Trinajstić information content (AvgIpc) is 3.32. The van der Waals surface area contributed by atoms with E-state index in [9.17, 15) is 0 Å².